The number of amides is 1. The van der Waals surface area contributed by atoms with E-state index in [1.165, 1.54) is 0 Å². The molecule has 0 fully saturated rings. The Balaban J connectivity index is 1.52. The summed E-state index contributed by atoms with van der Waals surface area (Å²) in [6.45, 7) is 4.64. The minimum atomic E-state index is -0.0200. The predicted molar refractivity (Wildman–Crippen MR) is 110 cm³/mol. The number of hydrogen-bond acceptors (Lipinski definition) is 5. The van der Waals surface area contributed by atoms with Crippen molar-refractivity contribution >= 4 is 5.91 Å². The van der Waals surface area contributed by atoms with E-state index in [0.29, 0.717) is 37.5 Å². The number of methoxy groups -OCH3 is 1. The monoisotopic (exact) mass is 394 g/mol. The standard InChI is InChI=1S/C23H26N2O4/c1-16-20(17(2)29-25-16)10-12-23(26)24-14-19-9-11-21(22(13-19)27-3)28-15-18-7-5-4-6-8-18/h4-9,11,13H,10,12,14-15H2,1-3H3,(H,24,26). The Bertz CT molecular complexity index is 931. The summed E-state index contributed by atoms with van der Waals surface area (Å²) in [5, 5.41) is 6.86. The molecule has 0 radical (unpaired) electrons. The van der Waals surface area contributed by atoms with Gasteiger partial charge in [0.05, 0.1) is 12.8 Å². The maximum Gasteiger partial charge on any atom is 0.220 e. The van der Waals surface area contributed by atoms with Crippen molar-refractivity contribution in [1.82, 2.24) is 10.5 Å². The van der Waals surface area contributed by atoms with Crippen molar-refractivity contribution in [3.63, 3.8) is 0 Å². The lowest BCUT2D eigenvalue weighted by molar-refractivity contribution is -0.121. The lowest BCUT2D eigenvalue weighted by Gasteiger charge is -2.13. The molecule has 6 nitrogen and oxygen atoms in total. The maximum atomic E-state index is 12.2. The molecule has 1 heterocycles. The zero-order valence-corrected chi connectivity index (χ0v) is 17.0. The zero-order chi connectivity index (χ0) is 20.6. The fourth-order valence-electron chi connectivity index (χ4n) is 3.06. The highest BCUT2D eigenvalue weighted by Gasteiger charge is 2.12. The van der Waals surface area contributed by atoms with Gasteiger partial charge in [0, 0.05) is 18.5 Å². The lowest BCUT2D eigenvalue weighted by Crippen LogP contribution is -2.23. The van der Waals surface area contributed by atoms with Crippen LogP contribution in [0.15, 0.2) is 53.1 Å². The molecule has 0 spiro atoms. The molecule has 3 rings (SSSR count). The second kappa shape index (κ2) is 9.78. The number of rotatable bonds is 9. The van der Waals surface area contributed by atoms with Crippen LogP contribution in [0.5, 0.6) is 11.5 Å². The third-order valence-corrected chi connectivity index (χ3v) is 4.74. The summed E-state index contributed by atoms with van der Waals surface area (Å²) in [4.78, 5) is 12.2. The van der Waals surface area contributed by atoms with E-state index in [9.17, 15) is 4.79 Å². The van der Waals surface area contributed by atoms with E-state index in [2.05, 4.69) is 10.5 Å². The molecule has 6 heteroatoms. The largest absolute Gasteiger partial charge is 0.493 e. The van der Waals surface area contributed by atoms with E-state index in [1.807, 2.05) is 62.4 Å². The minimum Gasteiger partial charge on any atom is -0.493 e. The molecule has 152 valence electrons. The average molecular weight is 394 g/mol. The van der Waals surface area contributed by atoms with E-state index in [1.54, 1.807) is 7.11 Å². The van der Waals surface area contributed by atoms with Gasteiger partial charge >= 0.3 is 0 Å². The molecule has 0 aliphatic rings. The van der Waals surface area contributed by atoms with Crippen LogP contribution in [0.3, 0.4) is 0 Å². The van der Waals surface area contributed by atoms with Crippen molar-refractivity contribution in [2.45, 2.75) is 39.8 Å². The van der Waals surface area contributed by atoms with Crippen molar-refractivity contribution in [2.24, 2.45) is 0 Å². The van der Waals surface area contributed by atoms with Crippen LogP contribution in [0, 0.1) is 13.8 Å². The van der Waals surface area contributed by atoms with Gasteiger partial charge in [-0.25, -0.2) is 0 Å². The van der Waals surface area contributed by atoms with Gasteiger partial charge in [-0.3, -0.25) is 4.79 Å². The van der Waals surface area contributed by atoms with Crippen LogP contribution >= 0.6 is 0 Å². The van der Waals surface area contributed by atoms with Gasteiger partial charge in [-0.2, -0.15) is 0 Å². The molecule has 0 bridgehead atoms. The average Bonchev–Trinajstić information content (AvgIpc) is 3.07. The van der Waals surface area contributed by atoms with E-state index in [0.717, 1.165) is 28.1 Å². The summed E-state index contributed by atoms with van der Waals surface area (Å²) in [5.41, 5.74) is 3.87. The number of nitrogens with one attached hydrogen (secondary N) is 1. The van der Waals surface area contributed by atoms with E-state index in [4.69, 9.17) is 14.0 Å². The Morgan fingerprint density at radius 2 is 1.86 bits per heavy atom. The van der Waals surface area contributed by atoms with E-state index < -0.39 is 0 Å². The number of carbonyl (C=O) groups excluding carboxylic acids is 1. The van der Waals surface area contributed by atoms with Crippen LogP contribution in [0.1, 0.15) is 34.6 Å². The third-order valence-electron chi connectivity index (χ3n) is 4.74. The van der Waals surface area contributed by atoms with Crippen molar-refractivity contribution in [1.29, 1.82) is 0 Å². The quantitative estimate of drug-likeness (QED) is 0.591. The maximum absolute atomic E-state index is 12.2. The number of aryl methyl sites for hydroxylation is 2. The van der Waals surface area contributed by atoms with Gasteiger partial charge in [-0.1, -0.05) is 41.6 Å². The highest BCUT2D eigenvalue weighted by atomic mass is 16.5. The summed E-state index contributed by atoms with van der Waals surface area (Å²) >= 11 is 0. The Hall–Kier alpha value is -3.28. The second-order valence-corrected chi connectivity index (χ2v) is 6.84. The van der Waals surface area contributed by atoms with Crippen molar-refractivity contribution in [2.75, 3.05) is 7.11 Å². The van der Waals surface area contributed by atoms with Gasteiger partial charge in [0.1, 0.15) is 12.4 Å². The molecule has 0 saturated heterocycles. The van der Waals surface area contributed by atoms with Gasteiger partial charge in [-0.05, 0) is 43.5 Å². The molecule has 1 aromatic heterocycles. The molecule has 2 aromatic carbocycles. The molecular weight excluding hydrogens is 368 g/mol. The first-order chi connectivity index (χ1) is 14.1. The number of benzene rings is 2. The Morgan fingerprint density at radius 1 is 1.07 bits per heavy atom. The first-order valence-electron chi connectivity index (χ1n) is 9.59. The molecule has 0 aliphatic heterocycles. The number of aromatic nitrogens is 1. The number of ether oxygens (including phenoxy) is 2. The highest BCUT2D eigenvalue weighted by Crippen LogP contribution is 2.29. The van der Waals surface area contributed by atoms with Crippen LogP contribution < -0.4 is 14.8 Å². The van der Waals surface area contributed by atoms with Crippen molar-refractivity contribution in [3.8, 4) is 11.5 Å². The van der Waals surface area contributed by atoms with Crippen molar-refractivity contribution < 1.29 is 18.8 Å². The third kappa shape index (κ3) is 5.60. The first-order valence-corrected chi connectivity index (χ1v) is 9.59. The molecule has 0 aliphatic carbocycles. The van der Waals surface area contributed by atoms with Crippen molar-refractivity contribution in [3.05, 3.63) is 76.7 Å². The summed E-state index contributed by atoms with van der Waals surface area (Å²) < 4.78 is 16.5. The topological polar surface area (TPSA) is 73.6 Å². The second-order valence-electron chi connectivity index (χ2n) is 6.84. The highest BCUT2D eigenvalue weighted by molar-refractivity contribution is 5.76. The van der Waals surface area contributed by atoms with Gasteiger partial charge < -0.3 is 19.3 Å². The molecule has 0 atom stereocenters. The molecule has 1 amide bonds. The predicted octanol–water partition coefficient (Wildman–Crippen LogP) is 4.13. The zero-order valence-electron chi connectivity index (χ0n) is 17.0. The Kier molecular flexibility index (Phi) is 6.89. The molecule has 0 unspecified atom stereocenters. The fraction of sp³-hybridized carbons (Fsp3) is 0.304. The minimum absolute atomic E-state index is 0.0200. The molecule has 0 saturated carbocycles. The van der Waals surface area contributed by atoms with Gasteiger partial charge in [0.2, 0.25) is 5.91 Å². The normalized spacial score (nSPS) is 10.6. The van der Waals surface area contributed by atoms with Crippen LogP contribution in [0.25, 0.3) is 0 Å². The van der Waals surface area contributed by atoms with E-state index >= 15 is 0 Å². The fourth-order valence-corrected chi connectivity index (χ4v) is 3.06. The Labute approximate surface area is 170 Å². The van der Waals surface area contributed by atoms with Crippen LogP contribution in [-0.2, 0) is 24.4 Å². The Morgan fingerprint density at radius 3 is 2.55 bits per heavy atom. The number of nitrogens with zero attached hydrogens (tertiary/aromatic N) is 1. The van der Waals surface area contributed by atoms with Crippen LogP contribution in [0.2, 0.25) is 0 Å². The summed E-state index contributed by atoms with van der Waals surface area (Å²) in [6, 6.07) is 15.6. The van der Waals surface area contributed by atoms with Gasteiger partial charge in [-0.15, -0.1) is 0 Å². The van der Waals surface area contributed by atoms with Crippen LogP contribution in [-0.4, -0.2) is 18.2 Å². The summed E-state index contributed by atoms with van der Waals surface area (Å²) in [7, 11) is 1.61. The summed E-state index contributed by atoms with van der Waals surface area (Å²) in [5.74, 6) is 2.06. The lowest BCUT2D eigenvalue weighted by atomic mass is 10.1. The molecule has 3 aromatic rings. The van der Waals surface area contributed by atoms with E-state index in [-0.39, 0.29) is 5.91 Å². The van der Waals surface area contributed by atoms with Gasteiger partial charge in [0.15, 0.2) is 11.5 Å². The van der Waals surface area contributed by atoms with Crippen LogP contribution in [0.4, 0.5) is 0 Å². The number of carbonyl (C=O) groups is 1. The molecular formula is C23H26N2O4. The molecule has 1 N–H and O–H groups in total. The first kappa shape index (κ1) is 20.5. The number of hydrogen-bond donors (Lipinski definition) is 1. The molecule has 29 heavy (non-hydrogen) atoms. The summed E-state index contributed by atoms with van der Waals surface area (Å²) in [6.07, 6.45) is 1.00. The van der Waals surface area contributed by atoms with Gasteiger partial charge in [0.25, 0.3) is 0 Å². The SMILES string of the molecule is COc1cc(CNC(=O)CCc2c(C)noc2C)ccc1OCc1ccccc1. The smallest absolute Gasteiger partial charge is 0.220 e.